The van der Waals surface area contributed by atoms with Gasteiger partial charge in [-0.3, -0.25) is 0 Å². The number of likely N-dealkylation sites (N-methyl/N-ethyl adjacent to an activating group) is 1. The Hall–Kier alpha value is -0.120. The van der Waals surface area contributed by atoms with E-state index in [2.05, 4.69) is 15.5 Å². The maximum absolute atomic E-state index is 4.37. The summed E-state index contributed by atoms with van der Waals surface area (Å²) >= 11 is 0. The maximum atomic E-state index is 4.37. The van der Waals surface area contributed by atoms with Gasteiger partial charge in [-0.1, -0.05) is 0 Å². The van der Waals surface area contributed by atoms with Gasteiger partial charge in [0.1, 0.15) is 0 Å². The monoisotopic (exact) mass is 156 g/mol. The number of hydrogen-bond acceptors (Lipinski definition) is 2. The van der Waals surface area contributed by atoms with Crippen molar-refractivity contribution in [3.05, 3.63) is 0 Å². The molecule has 0 saturated carbocycles. The summed E-state index contributed by atoms with van der Waals surface area (Å²) in [5, 5.41) is 7.53. The van der Waals surface area contributed by atoms with Crippen LogP contribution in [0.25, 0.3) is 0 Å². The summed E-state index contributed by atoms with van der Waals surface area (Å²) in [6.45, 7) is 6.75. The van der Waals surface area contributed by atoms with Crippen molar-refractivity contribution in [2.24, 2.45) is 0 Å². The van der Waals surface area contributed by atoms with Crippen molar-refractivity contribution in [2.45, 2.75) is 6.42 Å². The van der Waals surface area contributed by atoms with Gasteiger partial charge in [-0.2, -0.15) is 0 Å². The van der Waals surface area contributed by atoms with E-state index in [1.807, 2.05) is 7.05 Å². The molecule has 3 nitrogen and oxygen atoms in total. The van der Waals surface area contributed by atoms with Crippen LogP contribution >= 0.6 is 0 Å². The van der Waals surface area contributed by atoms with Gasteiger partial charge in [-0.05, 0) is 20.0 Å². The zero-order chi connectivity index (χ0) is 7.94. The Balaban J connectivity index is 2.09. The highest BCUT2D eigenvalue weighted by Gasteiger charge is 2.06. The van der Waals surface area contributed by atoms with Gasteiger partial charge < -0.3 is 10.2 Å². The predicted octanol–water partition coefficient (Wildman–Crippen LogP) is -0.484. The standard InChI is InChI=1S/C8H18N3/c1-9-4-7-11-6-2-3-10-5-8-11/h9H,2-8H2,1H3. The topological polar surface area (TPSA) is 29.4 Å². The molecular weight excluding hydrogens is 138 g/mol. The Morgan fingerprint density at radius 2 is 2.27 bits per heavy atom. The first-order valence-electron chi connectivity index (χ1n) is 4.43. The first-order valence-corrected chi connectivity index (χ1v) is 4.43. The molecule has 0 atom stereocenters. The highest BCUT2D eigenvalue weighted by Crippen LogP contribution is 1.94. The molecule has 1 aliphatic rings. The highest BCUT2D eigenvalue weighted by molar-refractivity contribution is 4.65. The van der Waals surface area contributed by atoms with Crippen LogP contribution in [0.4, 0.5) is 0 Å². The lowest BCUT2D eigenvalue weighted by Crippen LogP contribution is -2.33. The molecule has 1 saturated heterocycles. The summed E-state index contributed by atoms with van der Waals surface area (Å²) < 4.78 is 0. The molecule has 1 rings (SSSR count). The van der Waals surface area contributed by atoms with Crippen LogP contribution in [0.15, 0.2) is 0 Å². The fourth-order valence-electron chi connectivity index (χ4n) is 1.34. The van der Waals surface area contributed by atoms with Crippen LogP contribution in [0.1, 0.15) is 6.42 Å². The first kappa shape index (κ1) is 8.97. The quantitative estimate of drug-likeness (QED) is 0.598. The van der Waals surface area contributed by atoms with E-state index in [0.29, 0.717) is 0 Å². The summed E-state index contributed by atoms with van der Waals surface area (Å²) in [7, 11) is 2.00. The molecule has 0 amide bonds. The smallest absolute Gasteiger partial charge is 0.0261 e. The predicted molar refractivity (Wildman–Crippen MR) is 46.9 cm³/mol. The van der Waals surface area contributed by atoms with Crippen molar-refractivity contribution in [2.75, 3.05) is 46.3 Å². The second-order valence-corrected chi connectivity index (χ2v) is 2.97. The lowest BCUT2D eigenvalue weighted by atomic mass is 10.4. The van der Waals surface area contributed by atoms with Gasteiger partial charge >= 0.3 is 0 Å². The molecule has 1 fully saturated rings. The van der Waals surface area contributed by atoms with Crippen molar-refractivity contribution in [1.82, 2.24) is 15.5 Å². The van der Waals surface area contributed by atoms with Gasteiger partial charge in [0.15, 0.2) is 0 Å². The number of nitrogens with zero attached hydrogens (tertiary/aromatic N) is 2. The lowest BCUT2D eigenvalue weighted by Gasteiger charge is -2.18. The third-order valence-corrected chi connectivity index (χ3v) is 2.04. The van der Waals surface area contributed by atoms with E-state index in [9.17, 15) is 0 Å². The minimum atomic E-state index is 1.03. The molecule has 0 unspecified atom stereocenters. The zero-order valence-electron chi connectivity index (χ0n) is 7.34. The van der Waals surface area contributed by atoms with Gasteiger partial charge in [-0.25, -0.2) is 5.32 Å². The Bertz CT molecular complexity index is 87.3. The van der Waals surface area contributed by atoms with E-state index in [0.717, 1.165) is 26.2 Å². The van der Waals surface area contributed by atoms with Crippen LogP contribution in [-0.4, -0.2) is 51.2 Å². The van der Waals surface area contributed by atoms with Crippen LogP contribution in [0.5, 0.6) is 0 Å². The van der Waals surface area contributed by atoms with Crippen LogP contribution in [0.2, 0.25) is 0 Å². The molecule has 1 radical (unpaired) electrons. The molecular formula is C8H18N3. The van der Waals surface area contributed by atoms with Crippen LogP contribution in [0, 0.1) is 0 Å². The lowest BCUT2D eigenvalue weighted by molar-refractivity contribution is 0.294. The van der Waals surface area contributed by atoms with Gasteiger partial charge in [0, 0.05) is 32.7 Å². The van der Waals surface area contributed by atoms with Crippen molar-refractivity contribution in [3.63, 3.8) is 0 Å². The van der Waals surface area contributed by atoms with Crippen molar-refractivity contribution in [1.29, 1.82) is 0 Å². The molecule has 1 aliphatic heterocycles. The molecule has 0 aromatic carbocycles. The third-order valence-electron chi connectivity index (χ3n) is 2.04. The fraction of sp³-hybridized carbons (Fsp3) is 1.00. The van der Waals surface area contributed by atoms with E-state index in [4.69, 9.17) is 0 Å². The molecule has 3 heteroatoms. The minimum absolute atomic E-state index is 1.03. The zero-order valence-corrected chi connectivity index (χ0v) is 7.34. The highest BCUT2D eigenvalue weighted by atomic mass is 15.2. The SMILES string of the molecule is CNCCN1CCC[N]CC1. The summed E-state index contributed by atoms with van der Waals surface area (Å²) in [5.74, 6) is 0. The molecule has 0 aromatic heterocycles. The van der Waals surface area contributed by atoms with E-state index in [1.165, 1.54) is 19.5 Å². The minimum Gasteiger partial charge on any atom is -0.318 e. The largest absolute Gasteiger partial charge is 0.318 e. The maximum Gasteiger partial charge on any atom is 0.0261 e. The molecule has 65 valence electrons. The van der Waals surface area contributed by atoms with Crippen molar-refractivity contribution < 1.29 is 0 Å². The van der Waals surface area contributed by atoms with Gasteiger partial charge in [0.25, 0.3) is 0 Å². The van der Waals surface area contributed by atoms with Crippen molar-refractivity contribution in [3.8, 4) is 0 Å². The van der Waals surface area contributed by atoms with Crippen LogP contribution in [0.3, 0.4) is 0 Å². The summed E-state index contributed by atoms with van der Waals surface area (Å²) in [4.78, 5) is 2.48. The van der Waals surface area contributed by atoms with Crippen LogP contribution < -0.4 is 10.6 Å². The normalized spacial score (nSPS) is 21.5. The average Bonchev–Trinajstić information content (AvgIpc) is 2.28. The molecule has 11 heavy (non-hydrogen) atoms. The Morgan fingerprint density at radius 1 is 1.36 bits per heavy atom. The molecule has 1 N–H and O–H groups in total. The number of rotatable bonds is 3. The average molecular weight is 156 g/mol. The van der Waals surface area contributed by atoms with Gasteiger partial charge in [-0.15, -0.1) is 0 Å². The molecule has 0 aliphatic carbocycles. The van der Waals surface area contributed by atoms with Gasteiger partial charge in [0.05, 0.1) is 0 Å². The summed E-state index contributed by atoms with van der Waals surface area (Å²) in [6.07, 6.45) is 1.24. The fourth-order valence-corrected chi connectivity index (χ4v) is 1.34. The summed E-state index contributed by atoms with van der Waals surface area (Å²) in [5.41, 5.74) is 0. The Labute approximate surface area is 69.1 Å². The summed E-state index contributed by atoms with van der Waals surface area (Å²) in [6, 6.07) is 0. The van der Waals surface area contributed by atoms with Gasteiger partial charge in [0.2, 0.25) is 0 Å². The molecule has 0 spiro atoms. The first-order chi connectivity index (χ1) is 5.43. The number of hydrogen-bond donors (Lipinski definition) is 1. The molecule has 1 heterocycles. The van der Waals surface area contributed by atoms with E-state index < -0.39 is 0 Å². The third kappa shape index (κ3) is 3.70. The second kappa shape index (κ2) is 5.52. The van der Waals surface area contributed by atoms with E-state index >= 15 is 0 Å². The van der Waals surface area contributed by atoms with Crippen LogP contribution in [-0.2, 0) is 0 Å². The molecule has 0 bridgehead atoms. The van der Waals surface area contributed by atoms with E-state index in [-0.39, 0.29) is 0 Å². The Kier molecular flexibility index (Phi) is 4.50. The molecule has 0 aromatic rings. The Morgan fingerprint density at radius 3 is 3.09 bits per heavy atom. The second-order valence-electron chi connectivity index (χ2n) is 2.97. The number of nitrogens with one attached hydrogen (secondary N) is 1. The van der Waals surface area contributed by atoms with Crippen molar-refractivity contribution >= 4 is 0 Å². The van der Waals surface area contributed by atoms with E-state index in [1.54, 1.807) is 0 Å².